The van der Waals surface area contributed by atoms with Crippen molar-refractivity contribution in [1.82, 2.24) is 9.80 Å². The van der Waals surface area contributed by atoms with E-state index in [1.165, 1.54) is 4.90 Å². The summed E-state index contributed by atoms with van der Waals surface area (Å²) in [6.45, 7) is 3.96. The van der Waals surface area contributed by atoms with Gasteiger partial charge < -0.3 is 10.6 Å². The molecule has 0 bridgehead atoms. The lowest BCUT2D eigenvalue weighted by molar-refractivity contribution is -0.143. The molecular weight excluding hydrogens is 396 g/mol. The summed E-state index contributed by atoms with van der Waals surface area (Å²) in [5, 5.41) is 0. The molecule has 4 nitrogen and oxygen atoms in total. The molecule has 0 spiro atoms. The van der Waals surface area contributed by atoms with Crippen LogP contribution in [-0.4, -0.2) is 60.7 Å². The van der Waals surface area contributed by atoms with E-state index in [4.69, 9.17) is 5.73 Å². The van der Waals surface area contributed by atoms with Gasteiger partial charge in [0.25, 0.3) is 0 Å². The van der Waals surface area contributed by atoms with Crippen LogP contribution >= 0.6 is 24.0 Å². The predicted octanol–water partition coefficient (Wildman–Crippen LogP) is 2.29. The van der Waals surface area contributed by atoms with Gasteiger partial charge in [0.2, 0.25) is 0 Å². The average Bonchev–Trinajstić information content (AvgIpc) is 2.74. The number of halogens is 4. The molecule has 1 atom stereocenters. The van der Waals surface area contributed by atoms with Crippen molar-refractivity contribution in [3.05, 3.63) is 0 Å². The lowest BCUT2D eigenvalue weighted by Gasteiger charge is -2.31. The van der Waals surface area contributed by atoms with Crippen LogP contribution < -0.4 is 5.73 Å². The lowest BCUT2D eigenvalue weighted by Crippen LogP contribution is -2.43. The first-order valence-electron chi connectivity index (χ1n) is 7.21. The van der Waals surface area contributed by atoms with Gasteiger partial charge in [0.05, 0.1) is 12.6 Å². The Morgan fingerprint density at radius 3 is 2.38 bits per heavy atom. The molecule has 124 valence electrons. The minimum atomic E-state index is -4.13. The quantitative estimate of drug-likeness (QED) is 0.424. The van der Waals surface area contributed by atoms with E-state index < -0.39 is 12.7 Å². The van der Waals surface area contributed by atoms with E-state index in [1.54, 1.807) is 0 Å². The van der Waals surface area contributed by atoms with E-state index in [2.05, 4.69) is 11.9 Å². The Kier molecular flexibility index (Phi) is 7.02. The number of nitrogens with zero attached hydrogens (tertiary/aromatic N) is 3. The number of likely N-dealkylation sites (tertiary alicyclic amines) is 2. The van der Waals surface area contributed by atoms with Crippen molar-refractivity contribution >= 4 is 29.9 Å². The van der Waals surface area contributed by atoms with Gasteiger partial charge in [-0.1, -0.05) is 6.92 Å². The van der Waals surface area contributed by atoms with Gasteiger partial charge in [0.15, 0.2) is 5.96 Å². The molecule has 1 unspecified atom stereocenters. The van der Waals surface area contributed by atoms with E-state index in [-0.39, 0.29) is 30.0 Å². The van der Waals surface area contributed by atoms with Crippen LogP contribution in [0.4, 0.5) is 13.2 Å². The molecule has 21 heavy (non-hydrogen) atoms. The first-order chi connectivity index (χ1) is 9.33. The van der Waals surface area contributed by atoms with Gasteiger partial charge in [-0.2, -0.15) is 13.2 Å². The third-order valence-electron chi connectivity index (χ3n) is 4.07. The smallest absolute Gasteiger partial charge is 0.370 e. The first-order valence-corrected chi connectivity index (χ1v) is 7.21. The van der Waals surface area contributed by atoms with Gasteiger partial charge >= 0.3 is 6.18 Å². The highest BCUT2D eigenvalue weighted by atomic mass is 127. The molecule has 2 rings (SSSR count). The normalized spacial score (nSPS) is 26.0. The molecule has 2 saturated heterocycles. The zero-order valence-corrected chi connectivity index (χ0v) is 14.6. The summed E-state index contributed by atoms with van der Waals surface area (Å²) in [4.78, 5) is 7.87. The Morgan fingerprint density at radius 2 is 1.81 bits per heavy atom. The Bertz CT molecular complexity index is 354. The number of piperidine rings is 1. The minimum Gasteiger partial charge on any atom is -0.370 e. The van der Waals surface area contributed by atoms with E-state index in [0.717, 1.165) is 25.9 Å². The van der Waals surface area contributed by atoms with Crippen molar-refractivity contribution in [2.75, 3.05) is 32.7 Å². The standard InChI is InChI=1S/C13H23F3N4.HI/c1-10-2-6-20(7-3-10)12(17)18-11-4-5-19(8-11)9-13(14,15)16;/h10-11H,2-9H2,1H3,(H2,17,18);1H. The second kappa shape index (κ2) is 7.85. The third-order valence-corrected chi connectivity index (χ3v) is 4.07. The van der Waals surface area contributed by atoms with Gasteiger partial charge in [-0.15, -0.1) is 24.0 Å². The van der Waals surface area contributed by atoms with Crippen LogP contribution in [0.5, 0.6) is 0 Å². The topological polar surface area (TPSA) is 44.9 Å². The number of guanidine groups is 1. The maximum absolute atomic E-state index is 12.3. The molecule has 2 aliphatic heterocycles. The molecule has 8 heteroatoms. The summed E-state index contributed by atoms with van der Waals surface area (Å²) in [6.07, 6.45) is -1.28. The third kappa shape index (κ3) is 6.17. The first kappa shape index (κ1) is 18.8. The molecule has 0 saturated carbocycles. The Hall–Kier alpha value is -0.250. The van der Waals surface area contributed by atoms with Crippen LogP contribution in [0.2, 0.25) is 0 Å². The Morgan fingerprint density at radius 1 is 1.19 bits per heavy atom. The highest BCUT2D eigenvalue weighted by molar-refractivity contribution is 14.0. The fourth-order valence-corrected chi connectivity index (χ4v) is 2.82. The second-order valence-electron chi connectivity index (χ2n) is 5.95. The molecule has 2 fully saturated rings. The van der Waals surface area contributed by atoms with Crippen molar-refractivity contribution in [1.29, 1.82) is 0 Å². The SMILES string of the molecule is CC1CCN(C(N)=NC2CCN(CC(F)(F)F)C2)CC1.I. The van der Waals surface area contributed by atoms with Crippen molar-refractivity contribution in [3.63, 3.8) is 0 Å². The number of rotatable bonds is 2. The summed E-state index contributed by atoms with van der Waals surface area (Å²) in [5.41, 5.74) is 5.98. The van der Waals surface area contributed by atoms with Gasteiger partial charge in [-0.25, -0.2) is 4.99 Å². The van der Waals surface area contributed by atoms with E-state index in [9.17, 15) is 13.2 Å². The van der Waals surface area contributed by atoms with Crippen molar-refractivity contribution in [2.45, 2.75) is 38.4 Å². The lowest BCUT2D eigenvalue weighted by atomic mass is 10.00. The van der Waals surface area contributed by atoms with E-state index in [1.807, 2.05) is 4.90 Å². The number of alkyl halides is 3. The largest absolute Gasteiger partial charge is 0.401 e. The van der Waals surface area contributed by atoms with Crippen LogP contribution in [0.3, 0.4) is 0 Å². The summed E-state index contributed by atoms with van der Waals surface area (Å²) in [6, 6.07) is -0.100. The summed E-state index contributed by atoms with van der Waals surface area (Å²) < 4.78 is 36.9. The fraction of sp³-hybridized carbons (Fsp3) is 0.923. The van der Waals surface area contributed by atoms with Crippen molar-refractivity contribution in [2.24, 2.45) is 16.6 Å². The second-order valence-corrected chi connectivity index (χ2v) is 5.95. The van der Waals surface area contributed by atoms with E-state index >= 15 is 0 Å². The van der Waals surface area contributed by atoms with Gasteiger partial charge in [-0.05, 0) is 25.2 Å². The highest BCUT2D eigenvalue weighted by Crippen LogP contribution is 2.21. The monoisotopic (exact) mass is 420 g/mol. The Labute approximate surface area is 141 Å². The maximum atomic E-state index is 12.3. The molecule has 0 aliphatic carbocycles. The van der Waals surface area contributed by atoms with Crippen LogP contribution in [0.15, 0.2) is 4.99 Å². The van der Waals surface area contributed by atoms with E-state index in [0.29, 0.717) is 31.4 Å². The highest BCUT2D eigenvalue weighted by Gasteiger charge is 2.34. The van der Waals surface area contributed by atoms with Crippen LogP contribution in [0, 0.1) is 5.92 Å². The number of hydrogen-bond acceptors (Lipinski definition) is 2. The molecule has 2 N–H and O–H groups in total. The Balaban J connectivity index is 0.00000220. The molecule has 0 radical (unpaired) electrons. The summed E-state index contributed by atoms with van der Waals surface area (Å²) >= 11 is 0. The summed E-state index contributed by atoms with van der Waals surface area (Å²) in [5.74, 6) is 1.21. The molecule has 0 aromatic heterocycles. The van der Waals surface area contributed by atoms with Crippen molar-refractivity contribution < 1.29 is 13.2 Å². The van der Waals surface area contributed by atoms with Crippen molar-refractivity contribution in [3.8, 4) is 0 Å². The molecule has 2 aliphatic rings. The van der Waals surface area contributed by atoms with Crippen LogP contribution in [0.1, 0.15) is 26.2 Å². The fourth-order valence-electron chi connectivity index (χ4n) is 2.82. The van der Waals surface area contributed by atoms with Gasteiger partial charge in [0.1, 0.15) is 0 Å². The zero-order valence-electron chi connectivity index (χ0n) is 12.3. The van der Waals surface area contributed by atoms with Gasteiger partial charge in [-0.3, -0.25) is 4.90 Å². The molecule has 0 aromatic rings. The molecule has 2 heterocycles. The number of aliphatic imine (C=N–C) groups is 1. The molecule has 0 aromatic carbocycles. The van der Waals surface area contributed by atoms with Crippen LogP contribution in [-0.2, 0) is 0 Å². The minimum absolute atomic E-state index is 0. The average molecular weight is 420 g/mol. The number of hydrogen-bond donors (Lipinski definition) is 1. The summed E-state index contributed by atoms with van der Waals surface area (Å²) in [7, 11) is 0. The maximum Gasteiger partial charge on any atom is 0.401 e. The zero-order chi connectivity index (χ0) is 14.8. The predicted molar refractivity (Wildman–Crippen MR) is 87.9 cm³/mol. The molecular formula is C13H24F3IN4. The van der Waals surface area contributed by atoms with Gasteiger partial charge in [0, 0.05) is 26.2 Å². The van der Waals surface area contributed by atoms with Crippen LogP contribution in [0.25, 0.3) is 0 Å². The number of nitrogens with two attached hydrogens (primary N) is 1. The molecule has 0 amide bonds.